The molecule has 0 bridgehead atoms. The van der Waals surface area contributed by atoms with Crippen LogP contribution in [0.1, 0.15) is 24.2 Å². The number of carbonyl (C=O) groups excluding carboxylic acids is 2. The molecular formula is C17H15F3N4O2. The number of amides is 3. The predicted octanol–water partition coefficient (Wildman–Crippen LogP) is 2.72. The van der Waals surface area contributed by atoms with Crippen LogP contribution < -0.4 is 10.6 Å². The number of aromatic nitrogens is 1. The molecule has 0 spiro atoms. The second kappa shape index (κ2) is 7.03. The summed E-state index contributed by atoms with van der Waals surface area (Å²) in [7, 11) is 0. The highest BCUT2D eigenvalue weighted by Gasteiger charge is 2.25. The van der Waals surface area contributed by atoms with Crippen LogP contribution in [0.4, 0.5) is 23.7 Å². The van der Waals surface area contributed by atoms with E-state index in [2.05, 4.69) is 15.6 Å². The van der Waals surface area contributed by atoms with E-state index in [4.69, 9.17) is 0 Å². The van der Waals surface area contributed by atoms with Gasteiger partial charge in [-0.1, -0.05) is 0 Å². The minimum Gasteiger partial charge on any atom is -0.346 e. The molecule has 0 aliphatic carbocycles. The molecule has 136 valence electrons. The summed E-state index contributed by atoms with van der Waals surface area (Å²) >= 11 is 0. The molecule has 0 fully saturated rings. The summed E-state index contributed by atoms with van der Waals surface area (Å²) in [5.74, 6) is -2.70. The number of halogens is 3. The lowest BCUT2D eigenvalue weighted by molar-refractivity contribution is -0.122. The number of fused-ring (bicyclic) bond motifs is 1. The van der Waals surface area contributed by atoms with Gasteiger partial charge in [0.2, 0.25) is 5.91 Å². The van der Waals surface area contributed by atoms with Gasteiger partial charge in [-0.05, 0) is 30.7 Å². The van der Waals surface area contributed by atoms with Crippen LogP contribution >= 0.6 is 0 Å². The third kappa shape index (κ3) is 3.76. The van der Waals surface area contributed by atoms with Crippen LogP contribution in [0, 0.1) is 17.5 Å². The van der Waals surface area contributed by atoms with Crippen molar-refractivity contribution >= 4 is 17.6 Å². The highest BCUT2D eigenvalue weighted by atomic mass is 19.1. The van der Waals surface area contributed by atoms with Crippen LogP contribution in [0.25, 0.3) is 0 Å². The van der Waals surface area contributed by atoms with Gasteiger partial charge in [-0.25, -0.2) is 18.0 Å². The van der Waals surface area contributed by atoms with E-state index in [1.807, 2.05) is 0 Å². The minimum absolute atomic E-state index is 0.0594. The Morgan fingerprint density at radius 1 is 1.31 bits per heavy atom. The zero-order valence-corrected chi connectivity index (χ0v) is 13.7. The van der Waals surface area contributed by atoms with E-state index >= 15 is 0 Å². The summed E-state index contributed by atoms with van der Waals surface area (Å²) in [5.41, 5.74) is 0.908. The third-order valence-electron chi connectivity index (χ3n) is 3.92. The molecule has 0 saturated carbocycles. The van der Waals surface area contributed by atoms with Crippen LogP contribution in [0.3, 0.4) is 0 Å². The van der Waals surface area contributed by atoms with E-state index in [0.717, 1.165) is 6.20 Å². The second-order valence-corrected chi connectivity index (χ2v) is 5.90. The van der Waals surface area contributed by atoms with Gasteiger partial charge in [0.15, 0.2) is 0 Å². The van der Waals surface area contributed by atoms with Crippen molar-refractivity contribution < 1.29 is 22.8 Å². The molecule has 3 rings (SSSR count). The molecule has 0 unspecified atom stereocenters. The van der Waals surface area contributed by atoms with Crippen molar-refractivity contribution in [2.75, 3.05) is 11.9 Å². The Balaban J connectivity index is 1.65. The van der Waals surface area contributed by atoms with Gasteiger partial charge in [0.25, 0.3) is 0 Å². The van der Waals surface area contributed by atoms with Gasteiger partial charge in [-0.2, -0.15) is 0 Å². The maximum atomic E-state index is 13.7. The van der Waals surface area contributed by atoms with Crippen molar-refractivity contribution in [3.63, 3.8) is 0 Å². The molecule has 2 N–H and O–H groups in total. The minimum atomic E-state index is -0.877. The van der Waals surface area contributed by atoms with Crippen LogP contribution in [0.2, 0.25) is 0 Å². The number of pyridine rings is 1. The van der Waals surface area contributed by atoms with E-state index in [9.17, 15) is 22.8 Å². The zero-order chi connectivity index (χ0) is 18.8. The Kier molecular flexibility index (Phi) is 4.79. The van der Waals surface area contributed by atoms with E-state index < -0.39 is 35.4 Å². The maximum absolute atomic E-state index is 13.7. The molecule has 6 nitrogen and oxygen atoms in total. The van der Waals surface area contributed by atoms with Gasteiger partial charge in [0.1, 0.15) is 24.0 Å². The number of carbonyl (C=O) groups is 2. The monoisotopic (exact) mass is 364 g/mol. The van der Waals surface area contributed by atoms with Crippen molar-refractivity contribution in [2.24, 2.45) is 0 Å². The molecule has 0 radical (unpaired) electrons. The van der Waals surface area contributed by atoms with Gasteiger partial charge >= 0.3 is 6.03 Å². The second-order valence-electron chi connectivity index (χ2n) is 5.90. The van der Waals surface area contributed by atoms with Gasteiger partial charge in [0.05, 0.1) is 24.5 Å². The lowest BCUT2D eigenvalue weighted by Crippen LogP contribution is -2.45. The topological polar surface area (TPSA) is 74.3 Å². The summed E-state index contributed by atoms with van der Waals surface area (Å²) in [6.45, 7) is 1.24. The van der Waals surface area contributed by atoms with Gasteiger partial charge in [0, 0.05) is 11.8 Å². The average Bonchev–Trinajstić information content (AvgIpc) is 2.55. The first-order chi connectivity index (χ1) is 12.3. The molecule has 2 aromatic rings. The third-order valence-corrected chi connectivity index (χ3v) is 3.92. The Hall–Kier alpha value is -3.10. The van der Waals surface area contributed by atoms with Crippen LogP contribution in [-0.4, -0.2) is 28.4 Å². The summed E-state index contributed by atoms with van der Waals surface area (Å²) in [6, 6.07) is 3.31. The zero-order valence-electron chi connectivity index (χ0n) is 13.7. The summed E-state index contributed by atoms with van der Waals surface area (Å²) < 4.78 is 39.9. The van der Waals surface area contributed by atoms with Gasteiger partial charge < -0.3 is 15.5 Å². The van der Waals surface area contributed by atoms with Crippen molar-refractivity contribution in [3.8, 4) is 0 Å². The summed E-state index contributed by atoms with van der Waals surface area (Å²) in [5, 5.41) is 5.07. The average molecular weight is 364 g/mol. The number of hydrogen-bond donors (Lipinski definition) is 2. The van der Waals surface area contributed by atoms with Gasteiger partial charge in [-0.15, -0.1) is 0 Å². The largest absolute Gasteiger partial charge is 0.346 e. The molecule has 3 amide bonds. The molecule has 0 saturated heterocycles. The number of nitrogens with zero attached hydrogens (tertiary/aromatic N) is 2. The van der Waals surface area contributed by atoms with Crippen molar-refractivity contribution in [2.45, 2.75) is 19.5 Å². The fraction of sp³-hybridized carbons (Fsp3) is 0.235. The lowest BCUT2D eigenvalue weighted by atomic mass is 10.1. The molecule has 1 aliphatic heterocycles. The fourth-order valence-electron chi connectivity index (χ4n) is 2.69. The number of urea groups is 1. The number of nitrogens with one attached hydrogen (secondary N) is 2. The van der Waals surface area contributed by atoms with Crippen LogP contribution in [0.5, 0.6) is 0 Å². The SMILES string of the molecule is C[C@@H](NC(=O)CN1Cc2cc(F)ccc2NC1=O)c1ncc(F)cc1F. The summed E-state index contributed by atoms with van der Waals surface area (Å²) in [4.78, 5) is 29.0. The number of benzene rings is 1. The van der Waals surface area contributed by atoms with Crippen LogP contribution in [0.15, 0.2) is 30.5 Å². The number of hydrogen-bond acceptors (Lipinski definition) is 3. The lowest BCUT2D eigenvalue weighted by Gasteiger charge is -2.29. The fourth-order valence-corrected chi connectivity index (χ4v) is 2.69. The Morgan fingerprint density at radius 3 is 2.81 bits per heavy atom. The van der Waals surface area contributed by atoms with E-state index in [1.54, 1.807) is 0 Å². The Morgan fingerprint density at radius 2 is 2.08 bits per heavy atom. The molecule has 2 heterocycles. The smallest absolute Gasteiger partial charge is 0.322 e. The number of anilines is 1. The van der Waals surface area contributed by atoms with Gasteiger partial charge in [-0.3, -0.25) is 9.78 Å². The molecule has 1 aromatic heterocycles. The molecule has 26 heavy (non-hydrogen) atoms. The molecule has 1 atom stereocenters. The predicted molar refractivity (Wildman–Crippen MR) is 86.5 cm³/mol. The Bertz CT molecular complexity index is 875. The Labute approximate surface area is 147 Å². The number of rotatable bonds is 4. The molecule has 9 heteroatoms. The first-order valence-corrected chi connectivity index (χ1v) is 7.78. The van der Waals surface area contributed by atoms with Crippen molar-refractivity contribution in [1.29, 1.82) is 0 Å². The molecule has 1 aliphatic rings. The molecule has 1 aromatic carbocycles. The van der Waals surface area contributed by atoms with E-state index in [0.29, 0.717) is 17.3 Å². The summed E-state index contributed by atoms with van der Waals surface area (Å²) in [6.07, 6.45) is 0.852. The highest BCUT2D eigenvalue weighted by molar-refractivity contribution is 5.94. The quantitative estimate of drug-likeness (QED) is 0.876. The van der Waals surface area contributed by atoms with Crippen molar-refractivity contribution in [3.05, 3.63) is 59.2 Å². The maximum Gasteiger partial charge on any atom is 0.322 e. The first-order valence-electron chi connectivity index (χ1n) is 7.78. The van der Waals surface area contributed by atoms with E-state index in [1.165, 1.54) is 30.0 Å². The first kappa shape index (κ1) is 17.7. The molecular weight excluding hydrogens is 349 g/mol. The van der Waals surface area contributed by atoms with Crippen LogP contribution in [-0.2, 0) is 11.3 Å². The van der Waals surface area contributed by atoms with Crippen molar-refractivity contribution in [1.82, 2.24) is 15.2 Å². The standard InChI is InChI=1S/C17H15F3N4O2/c1-9(16-13(20)5-12(19)6-21-16)22-15(25)8-24-7-10-4-11(18)2-3-14(10)23-17(24)26/h2-6,9H,7-8H2,1H3,(H,22,25)(H,23,26)/t9-/m1/s1. The normalized spacial score (nSPS) is 14.5. The van der Waals surface area contributed by atoms with E-state index in [-0.39, 0.29) is 18.8 Å². The highest BCUT2D eigenvalue weighted by Crippen LogP contribution is 2.24.